The molecule has 0 radical (unpaired) electrons. The van der Waals surface area contributed by atoms with Gasteiger partial charge in [-0.1, -0.05) is 0 Å². The third-order valence-electron chi connectivity index (χ3n) is 7.90. The Morgan fingerprint density at radius 2 is 1.90 bits per heavy atom. The normalized spacial score (nSPS) is 14.8. The van der Waals surface area contributed by atoms with Crippen LogP contribution in [0.25, 0.3) is 0 Å². The molecule has 1 aliphatic heterocycles. The van der Waals surface area contributed by atoms with Gasteiger partial charge in [-0.05, 0) is 105 Å². The SMILES string of the molecule is COc1ccc(N(Cc2cnccc2C)C2CCN(C(C)CCNC(=O)c3ccc(C#N)cc3C)CC2)cc1. The summed E-state index contributed by atoms with van der Waals surface area (Å²) in [7, 11) is 1.70. The summed E-state index contributed by atoms with van der Waals surface area (Å²) in [5.74, 6) is 0.782. The number of aryl methyl sites for hydroxylation is 2. The molecule has 204 valence electrons. The van der Waals surface area contributed by atoms with Crippen molar-refractivity contribution in [2.45, 2.75) is 58.7 Å². The maximum absolute atomic E-state index is 12.7. The first-order valence-electron chi connectivity index (χ1n) is 13.7. The van der Waals surface area contributed by atoms with E-state index in [1.54, 1.807) is 25.3 Å². The average molecular weight is 526 g/mol. The lowest BCUT2D eigenvalue weighted by Crippen LogP contribution is -2.48. The molecule has 7 heteroatoms. The third-order valence-corrected chi connectivity index (χ3v) is 7.90. The van der Waals surface area contributed by atoms with Crippen molar-refractivity contribution >= 4 is 11.6 Å². The molecule has 1 N–H and O–H groups in total. The molecule has 1 unspecified atom stereocenters. The van der Waals surface area contributed by atoms with Gasteiger partial charge in [0.05, 0.1) is 18.7 Å². The molecule has 2 aromatic carbocycles. The number of hydrogen-bond acceptors (Lipinski definition) is 6. The molecule has 0 bridgehead atoms. The van der Waals surface area contributed by atoms with Crippen molar-refractivity contribution in [1.29, 1.82) is 5.26 Å². The minimum Gasteiger partial charge on any atom is -0.497 e. The highest BCUT2D eigenvalue weighted by atomic mass is 16.5. The highest BCUT2D eigenvalue weighted by Gasteiger charge is 2.27. The Morgan fingerprint density at radius 1 is 1.15 bits per heavy atom. The second kappa shape index (κ2) is 13.3. The molecule has 4 rings (SSSR count). The minimum atomic E-state index is -0.0799. The predicted molar refractivity (Wildman–Crippen MR) is 155 cm³/mol. The molecule has 1 atom stereocenters. The van der Waals surface area contributed by atoms with Crippen LogP contribution in [0.2, 0.25) is 0 Å². The Morgan fingerprint density at radius 3 is 2.54 bits per heavy atom. The van der Waals surface area contributed by atoms with E-state index in [-0.39, 0.29) is 5.91 Å². The smallest absolute Gasteiger partial charge is 0.251 e. The summed E-state index contributed by atoms with van der Waals surface area (Å²) in [5, 5.41) is 12.1. The number of aromatic nitrogens is 1. The van der Waals surface area contributed by atoms with Crippen molar-refractivity contribution in [3.05, 3.63) is 88.7 Å². The molecule has 1 amide bonds. The number of carbonyl (C=O) groups excluding carboxylic acids is 1. The lowest BCUT2D eigenvalue weighted by molar-refractivity contribution is 0.0944. The van der Waals surface area contributed by atoms with Crippen LogP contribution in [0, 0.1) is 25.2 Å². The van der Waals surface area contributed by atoms with E-state index in [0.717, 1.165) is 50.2 Å². The summed E-state index contributed by atoms with van der Waals surface area (Å²) in [6.45, 7) is 9.76. The Kier molecular flexibility index (Phi) is 9.56. The molecular weight excluding hydrogens is 486 g/mol. The van der Waals surface area contributed by atoms with Gasteiger partial charge in [-0.3, -0.25) is 9.78 Å². The fraction of sp³-hybridized carbons (Fsp3) is 0.406. The van der Waals surface area contributed by atoms with Crippen molar-refractivity contribution in [1.82, 2.24) is 15.2 Å². The van der Waals surface area contributed by atoms with Gasteiger partial charge >= 0.3 is 0 Å². The molecule has 3 aromatic rings. The van der Waals surface area contributed by atoms with Gasteiger partial charge in [0.1, 0.15) is 5.75 Å². The summed E-state index contributed by atoms with van der Waals surface area (Å²) in [6, 6.07) is 18.6. The first-order chi connectivity index (χ1) is 18.9. The van der Waals surface area contributed by atoms with Crippen molar-refractivity contribution in [2.24, 2.45) is 0 Å². The zero-order chi connectivity index (χ0) is 27.8. The Hall–Kier alpha value is -3.89. The number of nitriles is 1. The van der Waals surface area contributed by atoms with Crippen LogP contribution < -0.4 is 15.0 Å². The van der Waals surface area contributed by atoms with Gasteiger partial charge in [-0.2, -0.15) is 5.26 Å². The summed E-state index contributed by atoms with van der Waals surface area (Å²) in [6.07, 6.45) is 6.88. The van der Waals surface area contributed by atoms with E-state index in [2.05, 4.69) is 58.2 Å². The predicted octanol–water partition coefficient (Wildman–Crippen LogP) is 5.26. The molecular formula is C32H39N5O2. The number of amides is 1. The number of ether oxygens (including phenoxy) is 1. The molecule has 0 spiro atoms. The van der Waals surface area contributed by atoms with Gasteiger partial charge in [-0.25, -0.2) is 0 Å². The standard InChI is InChI=1S/C32H39N5O2/c1-23-11-15-34-21-27(23)22-37(28-6-8-30(39-4)9-7-28)29-13-17-36(18-14-29)25(3)12-16-35-32(38)31-10-5-26(20-33)19-24(31)2/h5-11,15,19,21,25,29H,12-14,16-18,22H2,1-4H3,(H,35,38). The molecule has 1 aliphatic rings. The molecule has 1 fully saturated rings. The zero-order valence-electron chi connectivity index (χ0n) is 23.5. The summed E-state index contributed by atoms with van der Waals surface area (Å²) >= 11 is 0. The quantitative estimate of drug-likeness (QED) is 0.389. The van der Waals surface area contributed by atoms with Crippen LogP contribution in [-0.4, -0.2) is 54.6 Å². The summed E-state index contributed by atoms with van der Waals surface area (Å²) < 4.78 is 5.39. The van der Waals surface area contributed by atoms with E-state index in [0.29, 0.717) is 29.8 Å². The first kappa shape index (κ1) is 28.1. The van der Waals surface area contributed by atoms with E-state index in [1.165, 1.54) is 16.8 Å². The lowest BCUT2D eigenvalue weighted by Gasteiger charge is -2.42. The number of hydrogen-bond donors (Lipinski definition) is 1. The van der Waals surface area contributed by atoms with Gasteiger partial charge in [0.2, 0.25) is 0 Å². The van der Waals surface area contributed by atoms with Crippen LogP contribution in [0.3, 0.4) is 0 Å². The van der Waals surface area contributed by atoms with Crippen LogP contribution >= 0.6 is 0 Å². The minimum absolute atomic E-state index is 0.0799. The topological polar surface area (TPSA) is 81.5 Å². The Balaban J connectivity index is 1.33. The highest BCUT2D eigenvalue weighted by Crippen LogP contribution is 2.29. The van der Waals surface area contributed by atoms with Gasteiger partial charge in [0.25, 0.3) is 5.91 Å². The Labute approximate surface area is 232 Å². The van der Waals surface area contributed by atoms with Crippen LogP contribution in [0.4, 0.5) is 5.69 Å². The summed E-state index contributed by atoms with van der Waals surface area (Å²) in [5.41, 5.74) is 5.73. The number of likely N-dealkylation sites (tertiary alicyclic amines) is 1. The molecule has 7 nitrogen and oxygen atoms in total. The van der Waals surface area contributed by atoms with Gasteiger partial charge in [0, 0.05) is 61.9 Å². The van der Waals surface area contributed by atoms with Gasteiger partial charge in [-0.15, -0.1) is 0 Å². The van der Waals surface area contributed by atoms with E-state index in [9.17, 15) is 4.79 Å². The third kappa shape index (κ3) is 7.15. The molecule has 0 aliphatic carbocycles. The number of rotatable bonds is 10. The largest absolute Gasteiger partial charge is 0.497 e. The van der Waals surface area contributed by atoms with E-state index < -0.39 is 0 Å². The van der Waals surface area contributed by atoms with Gasteiger partial charge in [0.15, 0.2) is 0 Å². The van der Waals surface area contributed by atoms with E-state index in [1.807, 2.05) is 31.5 Å². The molecule has 0 saturated carbocycles. The van der Waals surface area contributed by atoms with Crippen LogP contribution in [0.5, 0.6) is 5.75 Å². The molecule has 1 aromatic heterocycles. The first-order valence-corrected chi connectivity index (χ1v) is 13.7. The van der Waals surface area contributed by atoms with Crippen LogP contribution in [0.1, 0.15) is 58.8 Å². The molecule has 2 heterocycles. The van der Waals surface area contributed by atoms with E-state index >= 15 is 0 Å². The second-order valence-corrected chi connectivity index (χ2v) is 10.4. The monoisotopic (exact) mass is 525 g/mol. The number of benzene rings is 2. The van der Waals surface area contributed by atoms with Crippen molar-refractivity contribution in [2.75, 3.05) is 31.6 Å². The number of anilines is 1. The maximum Gasteiger partial charge on any atom is 0.251 e. The van der Waals surface area contributed by atoms with Crippen molar-refractivity contribution in [3.63, 3.8) is 0 Å². The summed E-state index contributed by atoms with van der Waals surface area (Å²) in [4.78, 5) is 22.1. The van der Waals surface area contributed by atoms with Crippen molar-refractivity contribution < 1.29 is 9.53 Å². The number of pyridine rings is 1. The Bertz CT molecular complexity index is 1290. The zero-order valence-corrected chi connectivity index (χ0v) is 23.5. The fourth-order valence-electron chi connectivity index (χ4n) is 5.35. The second-order valence-electron chi connectivity index (χ2n) is 10.4. The van der Waals surface area contributed by atoms with Crippen LogP contribution in [0.15, 0.2) is 60.9 Å². The average Bonchev–Trinajstić information content (AvgIpc) is 2.96. The number of methoxy groups -OCH3 is 1. The maximum atomic E-state index is 12.7. The number of nitrogens with one attached hydrogen (secondary N) is 1. The van der Waals surface area contributed by atoms with Crippen molar-refractivity contribution in [3.8, 4) is 11.8 Å². The fourth-order valence-corrected chi connectivity index (χ4v) is 5.35. The van der Waals surface area contributed by atoms with E-state index in [4.69, 9.17) is 10.00 Å². The highest BCUT2D eigenvalue weighted by molar-refractivity contribution is 5.95. The number of nitrogens with zero attached hydrogens (tertiary/aromatic N) is 4. The van der Waals surface area contributed by atoms with Gasteiger partial charge < -0.3 is 19.9 Å². The number of piperidine rings is 1. The molecule has 39 heavy (non-hydrogen) atoms. The lowest BCUT2D eigenvalue weighted by atomic mass is 9.99. The number of carbonyl (C=O) groups is 1. The molecule has 1 saturated heterocycles. The van der Waals surface area contributed by atoms with Crippen LogP contribution in [-0.2, 0) is 6.54 Å².